The van der Waals surface area contributed by atoms with Gasteiger partial charge in [0.25, 0.3) is 5.56 Å². The summed E-state index contributed by atoms with van der Waals surface area (Å²) in [6.07, 6.45) is 2.92. The van der Waals surface area contributed by atoms with Gasteiger partial charge in [-0.15, -0.1) is 0 Å². The Labute approximate surface area is 148 Å². The van der Waals surface area contributed by atoms with E-state index in [1.165, 1.54) is 28.0 Å². The normalized spacial score (nSPS) is 18.2. The number of hydrogen-bond acceptors (Lipinski definition) is 5. The molecule has 0 N–H and O–H groups in total. The van der Waals surface area contributed by atoms with E-state index >= 15 is 0 Å². The Morgan fingerprint density at radius 1 is 1.32 bits per heavy atom. The number of likely N-dealkylation sites (tertiary alicyclic amines) is 1. The zero-order valence-corrected chi connectivity index (χ0v) is 14.8. The summed E-state index contributed by atoms with van der Waals surface area (Å²) in [5.74, 6) is -0.217. The molecule has 3 aromatic rings. The zero-order chi connectivity index (χ0) is 17.4. The van der Waals surface area contributed by atoms with Gasteiger partial charge in [0.2, 0.25) is 4.96 Å². The number of nitrogens with zero attached hydrogens (tertiary/aromatic N) is 4. The molecular formula is C18H19FN4OS. The molecule has 5 nitrogen and oxygen atoms in total. The topological polar surface area (TPSA) is 50.5 Å². The van der Waals surface area contributed by atoms with Crippen LogP contribution >= 0.6 is 11.3 Å². The van der Waals surface area contributed by atoms with Gasteiger partial charge in [0.05, 0.1) is 5.69 Å². The SMILES string of the molecule is CCc1nn2c(=O)cc(CN3CCCC3c3ccc(F)cc3)nc2s1. The minimum absolute atomic E-state index is 0.131. The average Bonchev–Trinajstić information content (AvgIpc) is 3.22. The van der Waals surface area contributed by atoms with Gasteiger partial charge in [0.15, 0.2) is 0 Å². The molecule has 0 spiro atoms. The van der Waals surface area contributed by atoms with Gasteiger partial charge in [0.1, 0.15) is 10.8 Å². The fraction of sp³-hybridized carbons (Fsp3) is 0.389. The number of aromatic nitrogens is 3. The fourth-order valence-corrected chi connectivity index (χ4v) is 4.26. The maximum atomic E-state index is 13.2. The van der Waals surface area contributed by atoms with Gasteiger partial charge in [-0.1, -0.05) is 30.4 Å². The molecule has 0 saturated carbocycles. The smallest absolute Gasteiger partial charge is 0.275 e. The summed E-state index contributed by atoms with van der Waals surface area (Å²) in [6.45, 7) is 3.58. The first-order valence-electron chi connectivity index (χ1n) is 8.52. The molecule has 1 fully saturated rings. The second kappa shape index (κ2) is 6.65. The Balaban J connectivity index is 1.61. The van der Waals surface area contributed by atoms with E-state index in [-0.39, 0.29) is 17.4 Å². The van der Waals surface area contributed by atoms with Crippen LogP contribution in [0.3, 0.4) is 0 Å². The van der Waals surface area contributed by atoms with Crippen LogP contribution in [-0.4, -0.2) is 26.0 Å². The first-order chi connectivity index (χ1) is 12.1. The molecule has 1 unspecified atom stereocenters. The molecule has 0 aliphatic carbocycles. The highest BCUT2D eigenvalue weighted by molar-refractivity contribution is 7.16. The van der Waals surface area contributed by atoms with E-state index in [2.05, 4.69) is 15.0 Å². The molecule has 0 bridgehead atoms. The van der Waals surface area contributed by atoms with Gasteiger partial charge in [-0.25, -0.2) is 9.37 Å². The van der Waals surface area contributed by atoms with Crippen molar-refractivity contribution in [2.75, 3.05) is 6.54 Å². The van der Waals surface area contributed by atoms with Gasteiger partial charge in [-0.2, -0.15) is 9.61 Å². The van der Waals surface area contributed by atoms with Crippen LogP contribution in [0.5, 0.6) is 0 Å². The van der Waals surface area contributed by atoms with Crippen LogP contribution in [0.1, 0.15) is 42.1 Å². The van der Waals surface area contributed by atoms with E-state index in [9.17, 15) is 9.18 Å². The van der Waals surface area contributed by atoms with Crippen LogP contribution in [0.4, 0.5) is 4.39 Å². The summed E-state index contributed by atoms with van der Waals surface area (Å²) in [5, 5.41) is 5.19. The lowest BCUT2D eigenvalue weighted by atomic mass is 10.0. The highest BCUT2D eigenvalue weighted by Gasteiger charge is 2.26. The van der Waals surface area contributed by atoms with E-state index in [0.29, 0.717) is 11.5 Å². The second-order valence-electron chi connectivity index (χ2n) is 6.31. The Kier molecular flexibility index (Phi) is 4.35. The van der Waals surface area contributed by atoms with Crippen molar-refractivity contribution < 1.29 is 4.39 Å². The van der Waals surface area contributed by atoms with Crippen molar-refractivity contribution in [2.24, 2.45) is 0 Å². The molecule has 1 aromatic carbocycles. The maximum absolute atomic E-state index is 13.2. The quantitative estimate of drug-likeness (QED) is 0.719. The first kappa shape index (κ1) is 16.4. The number of rotatable bonds is 4. The van der Waals surface area contributed by atoms with E-state index in [0.717, 1.165) is 42.1 Å². The van der Waals surface area contributed by atoms with Gasteiger partial charge in [-0.05, 0) is 43.5 Å². The zero-order valence-electron chi connectivity index (χ0n) is 14.0. The lowest BCUT2D eigenvalue weighted by Crippen LogP contribution is -2.25. The first-order valence-corrected chi connectivity index (χ1v) is 9.34. The van der Waals surface area contributed by atoms with Crippen LogP contribution in [-0.2, 0) is 13.0 Å². The molecule has 3 heterocycles. The second-order valence-corrected chi connectivity index (χ2v) is 7.35. The molecule has 1 atom stereocenters. The van der Waals surface area contributed by atoms with Gasteiger partial charge >= 0.3 is 0 Å². The Hall–Kier alpha value is -2.12. The van der Waals surface area contributed by atoms with Crippen LogP contribution in [0, 0.1) is 5.82 Å². The molecule has 4 rings (SSSR count). The molecule has 0 amide bonds. The Bertz CT molecular complexity index is 950. The van der Waals surface area contributed by atoms with Gasteiger partial charge < -0.3 is 0 Å². The lowest BCUT2D eigenvalue weighted by molar-refractivity contribution is 0.245. The molecule has 130 valence electrons. The number of hydrogen-bond donors (Lipinski definition) is 0. The number of benzene rings is 1. The summed E-state index contributed by atoms with van der Waals surface area (Å²) in [7, 11) is 0. The van der Waals surface area contributed by atoms with Crippen molar-refractivity contribution >= 4 is 16.3 Å². The van der Waals surface area contributed by atoms with Gasteiger partial charge in [0, 0.05) is 18.7 Å². The van der Waals surface area contributed by atoms with Crippen molar-refractivity contribution in [1.29, 1.82) is 0 Å². The molecule has 7 heteroatoms. The predicted molar refractivity (Wildman–Crippen MR) is 95.3 cm³/mol. The molecule has 1 aliphatic heterocycles. The van der Waals surface area contributed by atoms with E-state index < -0.39 is 0 Å². The molecule has 1 aliphatic rings. The van der Waals surface area contributed by atoms with Crippen LogP contribution in [0.15, 0.2) is 35.1 Å². The summed E-state index contributed by atoms with van der Waals surface area (Å²) in [5.41, 5.74) is 1.75. The van der Waals surface area contributed by atoms with Crippen molar-refractivity contribution in [1.82, 2.24) is 19.5 Å². The molecule has 25 heavy (non-hydrogen) atoms. The van der Waals surface area contributed by atoms with E-state index in [4.69, 9.17) is 0 Å². The fourth-order valence-electron chi connectivity index (χ4n) is 3.41. The maximum Gasteiger partial charge on any atom is 0.275 e. The van der Waals surface area contributed by atoms with Crippen LogP contribution in [0.25, 0.3) is 4.96 Å². The summed E-state index contributed by atoms with van der Waals surface area (Å²) in [6, 6.07) is 8.53. The molecular weight excluding hydrogens is 339 g/mol. The summed E-state index contributed by atoms with van der Waals surface area (Å²) >= 11 is 1.46. The van der Waals surface area contributed by atoms with Crippen LogP contribution in [0.2, 0.25) is 0 Å². The largest absolute Gasteiger partial charge is 0.291 e. The van der Waals surface area contributed by atoms with E-state index in [1.807, 2.05) is 19.1 Å². The lowest BCUT2D eigenvalue weighted by Gasteiger charge is -2.24. The predicted octanol–water partition coefficient (Wildman–Crippen LogP) is 3.19. The molecule has 2 aromatic heterocycles. The van der Waals surface area contributed by atoms with E-state index in [1.54, 1.807) is 6.07 Å². The summed E-state index contributed by atoms with van der Waals surface area (Å²) in [4.78, 5) is 19.9. The Morgan fingerprint density at radius 2 is 2.12 bits per heavy atom. The third-order valence-corrected chi connectivity index (χ3v) is 5.68. The van der Waals surface area contributed by atoms with Gasteiger partial charge in [-0.3, -0.25) is 9.69 Å². The highest BCUT2D eigenvalue weighted by atomic mass is 32.1. The minimum atomic E-state index is -0.217. The number of aryl methyl sites for hydroxylation is 1. The minimum Gasteiger partial charge on any atom is -0.291 e. The van der Waals surface area contributed by atoms with Crippen molar-refractivity contribution in [3.05, 3.63) is 62.8 Å². The average molecular weight is 358 g/mol. The third kappa shape index (κ3) is 3.21. The van der Waals surface area contributed by atoms with Crippen molar-refractivity contribution in [2.45, 2.75) is 38.8 Å². The highest BCUT2D eigenvalue weighted by Crippen LogP contribution is 2.32. The van der Waals surface area contributed by atoms with Crippen molar-refractivity contribution in [3.8, 4) is 0 Å². The molecule has 0 radical (unpaired) electrons. The Morgan fingerprint density at radius 3 is 2.88 bits per heavy atom. The number of fused-ring (bicyclic) bond motifs is 1. The number of halogens is 1. The molecule has 1 saturated heterocycles. The van der Waals surface area contributed by atoms with Crippen molar-refractivity contribution in [3.63, 3.8) is 0 Å². The monoisotopic (exact) mass is 358 g/mol. The van der Waals surface area contributed by atoms with Crippen LogP contribution < -0.4 is 5.56 Å². The standard InChI is InChI=1S/C18H19FN4OS/c1-2-16-21-23-17(24)10-14(20-18(23)25-16)11-22-9-3-4-15(22)12-5-7-13(19)8-6-12/h5-8,10,15H,2-4,9,11H2,1H3. The third-order valence-electron chi connectivity index (χ3n) is 4.63. The summed E-state index contributed by atoms with van der Waals surface area (Å²) < 4.78 is 14.6.